The van der Waals surface area contributed by atoms with Crippen LogP contribution in [-0.4, -0.2) is 40.9 Å². The molecule has 0 aliphatic rings. The van der Waals surface area contributed by atoms with E-state index in [4.69, 9.17) is 10.8 Å². The van der Waals surface area contributed by atoms with Crippen LogP contribution in [0.5, 0.6) is 0 Å². The van der Waals surface area contributed by atoms with Crippen LogP contribution in [0.3, 0.4) is 0 Å². The van der Waals surface area contributed by atoms with Gasteiger partial charge < -0.3 is 15.7 Å². The van der Waals surface area contributed by atoms with Crippen molar-refractivity contribution >= 4 is 17.8 Å². The third-order valence-corrected chi connectivity index (χ3v) is 2.39. The highest BCUT2D eigenvalue weighted by Crippen LogP contribution is 2.07. The van der Waals surface area contributed by atoms with Crippen molar-refractivity contribution in [2.45, 2.75) is 6.92 Å². The summed E-state index contributed by atoms with van der Waals surface area (Å²) in [5.74, 6) is -2.00. The summed E-state index contributed by atoms with van der Waals surface area (Å²) < 4.78 is 0. The summed E-state index contributed by atoms with van der Waals surface area (Å²) in [5.41, 5.74) is 5.46. The average molecular weight is 250 g/mol. The van der Waals surface area contributed by atoms with Crippen LogP contribution in [0.2, 0.25) is 0 Å². The lowest BCUT2D eigenvalue weighted by molar-refractivity contribution is -0.118. The van der Waals surface area contributed by atoms with Crippen LogP contribution in [0.15, 0.2) is 24.3 Å². The standard InChI is InChI=1S/C12H14N2O4/c1-2-14(7-10(13)15)11(16)8-3-5-9(6-4-8)12(17)18/h3-6H,2,7H2,1H3,(H2,13,15)(H,17,18). The van der Waals surface area contributed by atoms with Crippen molar-refractivity contribution in [3.05, 3.63) is 35.4 Å². The van der Waals surface area contributed by atoms with Crippen molar-refractivity contribution in [1.29, 1.82) is 0 Å². The number of aromatic carboxylic acids is 1. The minimum Gasteiger partial charge on any atom is -0.478 e. The Morgan fingerprint density at radius 1 is 1.17 bits per heavy atom. The van der Waals surface area contributed by atoms with Gasteiger partial charge in [0.05, 0.1) is 12.1 Å². The molecule has 0 fully saturated rings. The number of amides is 2. The molecule has 0 aliphatic carbocycles. The third-order valence-electron chi connectivity index (χ3n) is 2.39. The number of carboxylic acid groups (broad SMARTS) is 1. The number of nitrogens with two attached hydrogens (primary N) is 1. The summed E-state index contributed by atoms with van der Waals surface area (Å²) in [6.45, 7) is 1.92. The molecule has 0 atom stereocenters. The molecule has 6 nitrogen and oxygen atoms in total. The zero-order chi connectivity index (χ0) is 13.7. The van der Waals surface area contributed by atoms with Crippen molar-refractivity contribution in [3.63, 3.8) is 0 Å². The molecule has 6 heteroatoms. The number of likely N-dealkylation sites (N-methyl/N-ethyl adjacent to an activating group) is 1. The molecular formula is C12H14N2O4. The molecular weight excluding hydrogens is 236 g/mol. The van der Waals surface area contributed by atoms with Crippen molar-refractivity contribution in [2.75, 3.05) is 13.1 Å². The molecule has 0 saturated carbocycles. The largest absolute Gasteiger partial charge is 0.478 e. The van der Waals surface area contributed by atoms with E-state index in [-0.39, 0.29) is 18.0 Å². The number of hydrogen-bond acceptors (Lipinski definition) is 3. The maximum Gasteiger partial charge on any atom is 0.335 e. The maximum absolute atomic E-state index is 12.0. The van der Waals surface area contributed by atoms with Gasteiger partial charge in [-0.3, -0.25) is 9.59 Å². The van der Waals surface area contributed by atoms with Gasteiger partial charge in [0.1, 0.15) is 0 Å². The Balaban J connectivity index is 2.88. The van der Waals surface area contributed by atoms with Gasteiger partial charge in [-0.1, -0.05) is 0 Å². The van der Waals surface area contributed by atoms with E-state index < -0.39 is 11.9 Å². The summed E-state index contributed by atoms with van der Waals surface area (Å²) in [7, 11) is 0. The van der Waals surface area contributed by atoms with Crippen molar-refractivity contribution in [3.8, 4) is 0 Å². The topological polar surface area (TPSA) is 101 Å². The smallest absolute Gasteiger partial charge is 0.335 e. The van der Waals surface area contributed by atoms with Gasteiger partial charge in [0.25, 0.3) is 5.91 Å². The summed E-state index contributed by atoms with van der Waals surface area (Å²) in [5, 5.41) is 8.73. The molecule has 0 heterocycles. The number of benzene rings is 1. The lowest BCUT2D eigenvalue weighted by Gasteiger charge is -2.18. The van der Waals surface area contributed by atoms with Crippen LogP contribution in [-0.2, 0) is 4.79 Å². The summed E-state index contributed by atoms with van der Waals surface area (Å²) >= 11 is 0. The first kappa shape index (κ1) is 13.7. The van der Waals surface area contributed by atoms with Gasteiger partial charge in [-0.15, -0.1) is 0 Å². The fraction of sp³-hybridized carbons (Fsp3) is 0.250. The Labute approximate surface area is 104 Å². The second-order valence-corrected chi connectivity index (χ2v) is 3.67. The second-order valence-electron chi connectivity index (χ2n) is 3.67. The predicted octanol–water partition coefficient (Wildman–Crippen LogP) is 0.332. The van der Waals surface area contributed by atoms with Crippen molar-refractivity contribution < 1.29 is 19.5 Å². The quantitative estimate of drug-likeness (QED) is 0.786. The van der Waals surface area contributed by atoms with Crippen molar-refractivity contribution in [2.24, 2.45) is 5.73 Å². The van der Waals surface area contributed by atoms with Gasteiger partial charge >= 0.3 is 5.97 Å². The number of primary amides is 1. The lowest BCUT2D eigenvalue weighted by atomic mass is 10.1. The van der Waals surface area contributed by atoms with E-state index in [0.29, 0.717) is 12.1 Å². The fourth-order valence-electron chi connectivity index (χ4n) is 1.45. The molecule has 0 unspecified atom stereocenters. The molecule has 96 valence electrons. The summed E-state index contributed by atoms with van der Waals surface area (Å²) in [4.78, 5) is 34.7. The number of carbonyl (C=O) groups excluding carboxylic acids is 2. The Morgan fingerprint density at radius 2 is 1.67 bits per heavy atom. The van der Waals surface area contributed by atoms with E-state index >= 15 is 0 Å². The fourth-order valence-corrected chi connectivity index (χ4v) is 1.45. The molecule has 0 saturated heterocycles. The highest BCUT2D eigenvalue weighted by atomic mass is 16.4. The van der Waals surface area contributed by atoms with Gasteiger partial charge in [-0.05, 0) is 31.2 Å². The Bertz CT molecular complexity index is 467. The number of nitrogens with zero attached hydrogens (tertiary/aromatic N) is 1. The minimum atomic E-state index is -1.06. The predicted molar refractivity (Wildman–Crippen MR) is 64.2 cm³/mol. The zero-order valence-electron chi connectivity index (χ0n) is 9.92. The minimum absolute atomic E-state index is 0.101. The monoisotopic (exact) mass is 250 g/mol. The SMILES string of the molecule is CCN(CC(N)=O)C(=O)c1ccc(C(=O)O)cc1. The first-order valence-corrected chi connectivity index (χ1v) is 5.36. The second kappa shape index (κ2) is 5.81. The summed E-state index contributed by atoms with van der Waals surface area (Å²) in [6, 6.07) is 5.51. The number of carbonyl (C=O) groups is 3. The first-order valence-electron chi connectivity index (χ1n) is 5.36. The zero-order valence-corrected chi connectivity index (χ0v) is 9.92. The van der Waals surface area contributed by atoms with Crippen LogP contribution in [0, 0.1) is 0 Å². The van der Waals surface area contributed by atoms with Gasteiger partial charge in [0.15, 0.2) is 0 Å². The lowest BCUT2D eigenvalue weighted by Crippen LogP contribution is -2.38. The number of hydrogen-bond donors (Lipinski definition) is 2. The molecule has 1 aromatic rings. The van der Waals surface area contributed by atoms with E-state index in [1.165, 1.54) is 29.2 Å². The molecule has 1 aromatic carbocycles. The van der Waals surface area contributed by atoms with E-state index in [1.54, 1.807) is 6.92 Å². The molecule has 18 heavy (non-hydrogen) atoms. The molecule has 0 spiro atoms. The average Bonchev–Trinajstić information content (AvgIpc) is 2.35. The molecule has 1 rings (SSSR count). The molecule has 0 radical (unpaired) electrons. The van der Waals surface area contributed by atoms with Crippen LogP contribution < -0.4 is 5.73 Å². The Hall–Kier alpha value is -2.37. The third kappa shape index (κ3) is 3.31. The number of rotatable bonds is 5. The molecule has 0 bridgehead atoms. The van der Waals surface area contributed by atoms with E-state index in [1.807, 2.05) is 0 Å². The van der Waals surface area contributed by atoms with Gasteiger partial charge in [-0.25, -0.2) is 4.79 Å². The maximum atomic E-state index is 12.0. The molecule has 2 amide bonds. The van der Waals surface area contributed by atoms with Gasteiger partial charge in [0.2, 0.25) is 5.91 Å². The van der Waals surface area contributed by atoms with E-state index in [0.717, 1.165) is 0 Å². The van der Waals surface area contributed by atoms with Crippen LogP contribution in [0.1, 0.15) is 27.6 Å². The highest BCUT2D eigenvalue weighted by molar-refractivity contribution is 5.97. The van der Waals surface area contributed by atoms with E-state index in [9.17, 15) is 14.4 Å². The van der Waals surface area contributed by atoms with Crippen LogP contribution in [0.25, 0.3) is 0 Å². The molecule has 0 aromatic heterocycles. The van der Waals surface area contributed by atoms with Crippen molar-refractivity contribution in [1.82, 2.24) is 4.90 Å². The number of carboxylic acids is 1. The Morgan fingerprint density at radius 3 is 2.06 bits per heavy atom. The molecule has 3 N–H and O–H groups in total. The highest BCUT2D eigenvalue weighted by Gasteiger charge is 2.16. The van der Waals surface area contributed by atoms with Gasteiger partial charge in [-0.2, -0.15) is 0 Å². The van der Waals surface area contributed by atoms with Crippen LogP contribution in [0.4, 0.5) is 0 Å². The molecule has 0 aliphatic heterocycles. The first-order chi connectivity index (χ1) is 8.45. The van der Waals surface area contributed by atoms with Crippen LogP contribution >= 0.6 is 0 Å². The van der Waals surface area contributed by atoms with Gasteiger partial charge in [0, 0.05) is 12.1 Å². The van der Waals surface area contributed by atoms with E-state index in [2.05, 4.69) is 0 Å². The summed E-state index contributed by atoms with van der Waals surface area (Å²) in [6.07, 6.45) is 0. The Kier molecular flexibility index (Phi) is 4.42. The normalized spacial score (nSPS) is 9.83.